The third-order valence-electron chi connectivity index (χ3n) is 4.42. The van der Waals surface area contributed by atoms with Crippen LogP contribution in [0.25, 0.3) is 0 Å². The topological polar surface area (TPSA) is 50.2 Å². The summed E-state index contributed by atoms with van der Waals surface area (Å²) in [5.74, 6) is 1.36. The third kappa shape index (κ3) is 1.65. The molecule has 0 bridgehead atoms. The lowest BCUT2D eigenvalue weighted by atomic mass is 9.95. The number of nitrogens with one attached hydrogen (secondary N) is 1. The second kappa shape index (κ2) is 4.09. The van der Waals surface area contributed by atoms with Gasteiger partial charge in [-0.05, 0) is 31.7 Å². The third-order valence-corrected chi connectivity index (χ3v) is 4.42. The van der Waals surface area contributed by atoms with Crippen molar-refractivity contribution in [2.24, 2.45) is 18.9 Å². The summed E-state index contributed by atoms with van der Waals surface area (Å²) in [4.78, 5) is 14.6. The van der Waals surface area contributed by atoms with Crippen LogP contribution in [-0.2, 0) is 7.05 Å². The van der Waals surface area contributed by atoms with Gasteiger partial charge in [0, 0.05) is 32.7 Å². The number of hydrogen-bond acceptors (Lipinski definition) is 3. The Balaban J connectivity index is 1.83. The molecule has 5 heteroatoms. The average molecular weight is 248 g/mol. The number of likely N-dealkylation sites (tertiary alicyclic amines) is 1. The van der Waals surface area contributed by atoms with Crippen LogP contribution in [0.2, 0.25) is 0 Å². The SMILES string of the molecule is Cc1cc(C(=O)N2CC3CNCC3C2C)n(C)n1. The van der Waals surface area contributed by atoms with Crippen LogP contribution in [0.3, 0.4) is 0 Å². The van der Waals surface area contributed by atoms with Gasteiger partial charge < -0.3 is 10.2 Å². The summed E-state index contributed by atoms with van der Waals surface area (Å²) in [7, 11) is 1.84. The van der Waals surface area contributed by atoms with E-state index < -0.39 is 0 Å². The van der Waals surface area contributed by atoms with Gasteiger partial charge in [-0.1, -0.05) is 0 Å². The van der Waals surface area contributed by atoms with Gasteiger partial charge in [0.25, 0.3) is 5.91 Å². The lowest BCUT2D eigenvalue weighted by Crippen LogP contribution is -2.38. The Labute approximate surface area is 107 Å². The van der Waals surface area contributed by atoms with Crippen LogP contribution < -0.4 is 5.32 Å². The van der Waals surface area contributed by atoms with Crippen LogP contribution in [0.4, 0.5) is 0 Å². The summed E-state index contributed by atoms with van der Waals surface area (Å²) >= 11 is 0. The predicted molar refractivity (Wildman–Crippen MR) is 68.3 cm³/mol. The number of hydrogen-bond donors (Lipinski definition) is 1. The maximum Gasteiger partial charge on any atom is 0.272 e. The molecular weight excluding hydrogens is 228 g/mol. The molecule has 0 aliphatic carbocycles. The maximum absolute atomic E-state index is 12.6. The second-order valence-corrected chi connectivity index (χ2v) is 5.57. The van der Waals surface area contributed by atoms with E-state index in [9.17, 15) is 4.79 Å². The zero-order valence-electron chi connectivity index (χ0n) is 11.2. The number of fused-ring (bicyclic) bond motifs is 1. The summed E-state index contributed by atoms with van der Waals surface area (Å²) in [6.07, 6.45) is 0. The molecule has 5 nitrogen and oxygen atoms in total. The first-order valence-corrected chi connectivity index (χ1v) is 6.60. The standard InChI is InChI=1S/C13H20N4O/c1-8-4-12(16(3)15-8)13(18)17-7-10-5-14-6-11(10)9(17)2/h4,9-11,14H,5-7H2,1-3H3. The molecule has 1 N–H and O–H groups in total. The molecule has 1 aromatic rings. The normalized spacial score (nSPS) is 30.8. The summed E-state index contributed by atoms with van der Waals surface area (Å²) in [5.41, 5.74) is 1.60. The Hall–Kier alpha value is -1.36. The number of rotatable bonds is 1. The van der Waals surface area contributed by atoms with Crippen molar-refractivity contribution in [1.29, 1.82) is 0 Å². The quantitative estimate of drug-likeness (QED) is 0.783. The van der Waals surface area contributed by atoms with Crippen molar-refractivity contribution in [3.63, 3.8) is 0 Å². The summed E-state index contributed by atoms with van der Waals surface area (Å²) in [5, 5.41) is 7.67. The number of carbonyl (C=O) groups is 1. The minimum atomic E-state index is 0.125. The molecule has 0 aromatic carbocycles. The summed E-state index contributed by atoms with van der Waals surface area (Å²) < 4.78 is 1.69. The van der Waals surface area contributed by atoms with Crippen LogP contribution >= 0.6 is 0 Å². The molecule has 0 spiro atoms. The van der Waals surface area contributed by atoms with Crippen molar-refractivity contribution in [3.8, 4) is 0 Å². The molecule has 2 saturated heterocycles. The molecule has 98 valence electrons. The number of aromatic nitrogens is 2. The molecular formula is C13H20N4O. The predicted octanol–water partition coefficient (Wildman–Crippen LogP) is 0.408. The Morgan fingerprint density at radius 3 is 2.89 bits per heavy atom. The molecule has 1 aromatic heterocycles. The van der Waals surface area contributed by atoms with E-state index in [2.05, 4.69) is 17.3 Å². The van der Waals surface area contributed by atoms with E-state index in [1.54, 1.807) is 4.68 Å². The van der Waals surface area contributed by atoms with E-state index in [4.69, 9.17) is 0 Å². The fourth-order valence-corrected chi connectivity index (χ4v) is 3.39. The zero-order valence-corrected chi connectivity index (χ0v) is 11.2. The highest BCUT2D eigenvalue weighted by atomic mass is 16.2. The zero-order chi connectivity index (χ0) is 12.9. The lowest BCUT2D eigenvalue weighted by molar-refractivity contribution is 0.0717. The van der Waals surface area contributed by atoms with Gasteiger partial charge in [-0.15, -0.1) is 0 Å². The van der Waals surface area contributed by atoms with Gasteiger partial charge in [0.2, 0.25) is 0 Å². The van der Waals surface area contributed by atoms with Crippen LogP contribution in [0.15, 0.2) is 6.07 Å². The second-order valence-electron chi connectivity index (χ2n) is 5.57. The fraction of sp³-hybridized carbons (Fsp3) is 0.692. The van der Waals surface area contributed by atoms with Crippen LogP contribution in [-0.4, -0.2) is 46.3 Å². The Morgan fingerprint density at radius 1 is 1.50 bits per heavy atom. The van der Waals surface area contributed by atoms with Crippen molar-refractivity contribution >= 4 is 5.91 Å². The Bertz CT molecular complexity index is 481. The van der Waals surface area contributed by atoms with Gasteiger partial charge in [-0.25, -0.2) is 0 Å². The highest BCUT2D eigenvalue weighted by Crippen LogP contribution is 2.33. The molecule has 0 radical (unpaired) electrons. The fourth-order valence-electron chi connectivity index (χ4n) is 3.39. The minimum Gasteiger partial charge on any atom is -0.334 e. The molecule has 3 rings (SSSR count). The van der Waals surface area contributed by atoms with Gasteiger partial charge in [-0.2, -0.15) is 5.10 Å². The maximum atomic E-state index is 12.6. The molecule has 18 heavy (non-hydrogen) atoms. The lowest BCUT2D eigenvalue weighted by Gasteiger charge is -2.24. The smallest absolute Gasteiger partial charge is 0.272 e. The molecule has 3 heterocycles. The van der Waals surface area contributed by atoms with E-state index in [0.717, 1.165) is 25.3 Å². The first-order valence-electron chi connectivity index (χ1n) is 6.60. The first-order chi connectivity index (χ1) is 8.58. The number of aryl methyl sites for hydroxylation is 2. The van der Waals surface area contributed by atoms with E-state index in [0.29, 0.717) is 23.6 Å². The van der Waals surface area contributed by atoms with Gasteiger partial charge >= 0.3 is 0 Å². The molecule has 2 fully saturated rings. The highest BCUT2D eigenvalue weighted by Gasteiger charge is 2.44. The molecule has 3 atom stereocenters. The van der Waals surface area contributed by atoms with Crippen molar-refractivity contribution in [2.45, 2.75) is 19.9 Å². The van der Waals surface area contributed by atoms with E-state index in [-0.39, 0.29) is 5.91 Å². The highest BCUT2D eigenvalue weighted by molar-refractivity contribution is 5.93. The van der Waals surface area contributed by atoms with Crippen LogP contribution in [0, 0.1) is 18.8 Å². The molecule has 0 saturated carbocycles. The Morgan fingerprint density at radius 2 is 2.28 bits per heavy atom. The number of carbonyl (C=O) groups excluding carboxylic acids is 1. The largest absolute Gasteiger partial charge is 0.334 e. The summed E-state index contributed by atoms with van der Waals surface area (Å²) in [6.45, 7) is 7.05. The van der Waals surface area contributed by atoms with E-state index >= 15 is 0 Å². The van der Waals surface area contributed by atoms with E-state index in [1.165, 1.54) is 0 Å². The molecule has 2 aliphatic heterocycles. The first kappa shape index (κ1) is 11.7. The van der Waals surface area contributed by atoms with Gasteiger partial charge in [0.15, 0.2) is 0 Å². The molecule has 2 aliphatic rings. The van der Waals surface area contributed by atoms with Crippen LogP contribution in [0.1, 0.15) is 23.1 Å². The van der Waals surface area contributed by atoms with Crippen molar-refractivity contribution < 1.29 is 4.79 Å². The van der Waals surface area contributed by atoms with Gasteiger partial charge in [-0.3, -0.25) is 9.48 Å². The van der Waals surface area contributed by atoms with Gasteiger partial charge in [0.1, 0.15) is 5.69 Å². The van der Waals surface area contributed by atoms with Crippen LogP contribution in [0.5, 0.6) is 0 Å². The minimum absolute atomic E-state index is 0.125. The van der Waals surface area contributed by atoms with Crippen molar-refractivity contribution in [3.05, 3.63) is 17.5 Å². The average Bonchev–Trinajstić information content (AvgIpc) is 2.96. The monoisotopic (exact) mass is 248 g/mol. The van der Waals surface area contributed by atoms with Crippen molar-refractivity contribution in [1.82, 2.24) is 20.0 Å². The molecule has 3 unspecified atom stereocenters. The molecule has 1 amide bonds. The van der Waals surface area contributed by atoms with E-state index in [1.807, 2.05) is 24.9 Å². The number of amides is 1. The summed E-state index contributed by atoms with van der Waals surface area (Å²) in [6, 6.07) is 2.20. The van der Waals surface area contributed by atoms with Crippen molar-refractivity contribution in [2.75, 3.05) is 19.6 Å². The number of nitrogens with zero attached hydrogens (tertiary/aromatic N) is 3. The van der Waals surface area contributed by atoms with Gasteiger partial charge in [0.05, 0.1) is 5.69 Å². The Kier molecular flexibility index (Phi) is 2.66.